The van der Waals surface area contributed by atoms with Crippen LogP contribution in [0.1, 0.15) is 10.4 Å². The number of halogens is 2. The smallest absolute Gasteiger partial charge is 0.261 e. The second-order valence-corrected chi connectivity index (χ2v) is 4.11. The van der Waals surface area contributed by atoms with E-state index in [4.69, 9.17) is 0 Å². The Morgan fingerprint density at radius 3 is 2.11 bits per heavy atom. The summed E-state index contributed by atoms with van der Waals surface area (Å²) in [5.41, 5.74) is -0.145. The van der Waals surface area contributed by atoms with Crippen molar-refractivity contribution in [1.82, 2.24) is 0 Å². The maximum Gasteiger partial charge on any atom is 0.261 e. The molecule has 0 unspecified atom stereocenters. The third-order valence-electron chi connectivity index (χ3n) is 2.31. The largest absolute Gasteiger partial charge is 0.322 e. The van der Waals surface area contributed by atoms with Gasteiger partial charge in [0.1, 0.15) is 17.2 Å². The van der Waals surface area contributed by atoms with E-state index in [0.717, 1.165) is 17.0 Å². The van der Waals surface area contributed by atoms with Gasteiger partial charge in [-0.3, -0.25) is 4.79 Å². The van der Waals surface area contributed by atoms with E-state index >= 15 is 0 Å². The Morgan fingerprint density at radius 1 is 1.00 bits per heavy atom. The van der Waals surface area contributed by atoms with Crippen molar-refractivity contribution in [2.45, 2.75) is 4.90 Å². The molecule has 0 bridgehead atoms. The molecule has 2 nitrogen and oxygen atoms in total. The Bertz CT molecular complexity index is 564. The maximum absolute atomic E-state index is 13.4. The van der Waals surface area contributed by atoms with Gasteiger partial charge in [-0.05, 0) is 36.4 Å². The molecule has 0 heterocycles. The third kappa shape index (κ3) is 2.68. The van der Waals surface area contributed by atoms with Gasteiger partial charge in [0.25, 0.3) is 5.91 Å². The van der Waals surface area contributed by atoms with E-state index in [1.807, 2.05) is 0 Å². The Morgan fingerprint density at radius 2 is 1.56 bits per heavy atom. The Labute approximate surface area is 108 Å². The van der Waals surface area contributed by atoms with Gasteiger partial charge < -0.3 is 5.32 Å². The van der Waals surface area contributed by atoms with Crippen LogP contribution >= 0.6 is 12.6 Å². The molecule has 0 saturated heterocycles. The molecule has 92 valence electrons. The first kappa shape index (κ1) is 12.6. The highest BCUT2D eigenvalue weighted by atomic mass is 32.1. The highest BCUT2D eigenvalue weighted by molar-refractivity contribution is 7.80. The molecule has 0 fully saturated rings. The molecule has 0 saturated carbocycles. The van der Waals surface area contributed by atoms with E-state index in [0.29, 0.717) is 5.69 Å². The summed E-state index contributed by atoms with van der Waals surface area (Å²) in [4.78, 5) is 12.5. The van der Waals surface area contributed by atoms with Gasteiger partial charge in [0, 0.05) is 10.6 Å². The van der Waals surface area contributed by atoms with Crippen LogP contribution in [0, 0.1) is 11.6 Å². The highest BCUT2D eigenvalue weighted by Crippen LogP contribution is 2.16. The van der Waals surface area contributed by atoms with Crippen molar-refractivity contribution in [1.29, 1.82) is 0 Å². The summed E-state index contributed by atoms with van der Waals surface area (Å²) in [6, 6.07) is 9.80. The molecule has 0 aromatic heterocycles. The number of carbonyl (C=O) groups excluding carboxylic acids is 1. The maximum atomic E-state index is 13.4. The molecule has 2 aromatic rings. The van der Waals surface area contributed by atoms with Gasteiger partial charge in [0.2, 0.25) is 0 Å². The molecule has 5 heteroatoms. The van der Waals surface area contributed by atoms with Crippen LogP contribution in [-0.2, 0) is 0 Å². The predicted octanol–water partition coefficient (Wildman–Crippen LogP) is 3.51. The first-order chi connectivity index (χ1) is 8.58. The second kappa shape index (κ2) is 5.18. The van der Waals surface area contributed by atoms with E-state index in [2.05, 4.69) is 17.9 Å². The average molecular weight is 265 g/mol. The van der Waals surface area contributed by atoms with Gasteiger partial charge in [-0.25, -0.2) is 8.78 Å². The molecule has 0 radical (unpaired) electrons. The van der Waals surface area contributed by atoms with Gasteiger partial charge in [-0.1, -0.05) is 6.07 Å². The molecule has 0 aliphatic rings. The van der Waals surface area contributed by atoms with Gasteiger partial charge in [-0.15, -0.1) is 12.6 Å². The third-order valence-corrected chi connectivity index (χ3v) is 2.61. The zero-order chi connectivity index (χ0) is 13.1. The van der Waals surface area contributed by atoms with E-state index in [9.17, 15) is 13.6 Å². The van der Waals surface area contributed by atoms with Crippen LogP contribution in [0.2, 0.25) is 0 Å². The molecule has 0 aliphatic carbocycles. The second-order valence-electron chi connectivity index (χ2n) is 3.60. The lowest BCUT2D eigenvalue weighted by atomic mass is 10.2. The summed E-state index contributed by atoms with van der Waals surface area (Å²) >= 11 is 4.09. The first-order valence-corrected chi connectivity index (χ1v) is 5.57. The number of hydrogen-bond donors (Lipinski definition) is 2. The van der Waals surface area contributed by atoms with Gasteiger partial charge in [-0.2, -0.15) is 0 Å². The van der Waals surface area contributed by atoms with Crippen molar-refractivity contribution in [2.24, 2.45) is 0 Å². The van der Waals surface area contributed by atoms with Gasteiger partial charge >= 0.3 is 0 Å². The van der Waals surface area contributed by atoms with Crippen molar-refractivity contribution >= 4 is 24.2 Å². The van der Waals surface area contributed by atoms with Crippen LogP contribution in [0.25, 0.3) is 0 Å². The van der Waals surface area contributed by atoms with Crippen LogP contribution < -0.4 is 5.32 Å². The fourth-order valence-electron chi connectivity index (χ4n) is 1.45. The minimum Gasteiger partial charge on any atom is -0.322 e. The number of anilines is 1. The van der Waals surface area contributed by atoms with Crippen LogP contribution in [0.15, 0.2) is 47.4 Å². The van der Waals surface area contributed by atoms with Crippen molar-refractivity contribution in [2.75, 3.05) is 5.32 Å². The normalized spacial score (nSPS) is 10.2. The molecule has 2 aromatic carbocycles. The molecular weight excluding hydrogens is 256 g/mol. The Hall–Kier alpha value is -1.88. The number of benzene rings is 2. The van der Waals surface area contributed by atoms with Crippen molar-refractivity contribution in [3.63, 3.8) is 0 Å². The molecule has 0 atom stereocenters. The minimum atomic E-state index is -0.890. The fourth-order valence-corrected chi connectivity index (χ4v) is 1.60. The van der Waals surface area contributed by atoms with E-state index in [-0.39, 0.29) is 0 Å². The number of amides is 1. The van der Waals surface area contributed by atoms with Crippen LogP contribution in [0.3, 0.4) is 0 Å². The van der Waals surface area contributed by atoms with Crippen LogP contribution in [-0.4, -0.2) is 5.91 Å². The van der Waals surface area contributed by atoms with Crippen molar-refractivity contribution in [3.8, 4) is 0 Å². The van der Waals surface area contributed by atoms with Crippen molar-refractivity contribution < 1.29 is 13.6 Å². The average Bonchev–Trinajstić information content (AvgIpc) is 2.32. The molecule has 2 rings (SSSR count). The zero-order valence-electron chi connectivity index (χ0n) is 9.15. The summed E-state index contributed by atoms with van der Waals surface area (Å²) in [5, 5.41) is 2.41. The topological polar surface area (TPSA) is 29.1 Å². The summed E-state index contributed by atoms with van der Waals surface area (Å²) in [5.74, 6) is -2.60. The molecule has 1 N–H and O–H groups in total. The standard InChI is InChI=1S/C13H9F2NOS/c14-10-2-1-3-11(15)12(10)13(17)16-8-4-6-9(18)7-5-8/h1-7,18H,(H,16,17). The molecular formula is C13H9F2NOS. The lowest BCUT2D eigenvalue weighted by molar-refractivity contribution is 0.101. The SMILES string of the molecule is O=C(Nc1ccc(S)cc1)c1c(F)cccc1F. The fraction of sp³-hybridized carbons (Fsp3) is 0. The lowest BCUT2D eigenvalue weighted by Gasteiger charge is -2.07. The molecule has 18 heavy (non-hydrogen) atoms. The highest BCUT2D eigenvalue weighted by Gasteiger charge is 2.16. The summed E-state index contributed by atoms with van der Waals surface area (Å²) in [6.07, 6.45) is 0. The predicted molar refractivity (Wildman–Crippen MR) is 68.0 cm³/mol. The number of carbonyl (C=O) groups is 1. The number of thiol groups is 1. The van der Waals surface area contributed by atoms with E-state index in [1.165, 1.54) is 6.07 Å². The molecule has 1 amide bonds. The van der Waals surface area contributed by atoms with E-state index < -0.39 is 23.1 Å². The number of hydrogen-bond acceptors (Lipinski definition) is 2. The van der Waals surface area contributed by atoms with Crippen molar-refractivity contribution in [3.05, 3.63) is 59.7 Å². The molecule has 0 aliphatic heterocycles. The van der Waals surface area contributed by atoms with E-state index in [1.54, 1.807) is 24.3 Å². The quantitative estimate of drug-likeness (QED) is 0.799. The van der Waals surface area contributed by atoms with Gasteiger partial charge in [0.05, 0.1) is 0 Å². The Kier molecular flexibility index (Phi) is 3.62. The number of rotatable bonds is 2. The zero-order valence-corrected chi connectivity index (χ0v) is 10.0. The Balaban J connectivity index is 2.25. The van der Waals surface area contributed by atoms with Crippen LogP contribution in [0.5, 0.6) is 0 Å². The monoisotopic (exact) mass is 265 g/mol. The van der Waals surface area contributed by atoms with Gasteiger partial charge in [0.15, 0.2) is 0 Å². The lowest BCUT2D eigenvalue weighted by Crippen LogP contribution is -2.15. The summed E-state index contributed by atoms with van der Waals surface area (Å²) < 4.78 is 26.7. The summed E-state index contributed by atoms with van der Waals surface area (Å²) in [7, 11) is 0. The number of nitrogens with one attached hydrogen (secondary N) is 1. The molecule has 0 spiro atoms. The summed E-state index contributed by atoms with van der Waals surface area (Å²) in [6.45, 7) is 0. The first-order valence-electron chi connectivity index (χ1n) is 5.12. The minimum absolute atomic E-state index is 0.445. The van der Waals surface area contributed by atoms with Crippen LogP contribution in [0.4, 0.5) is 14.5 Å².